The molecule has 0 saturated heterocycles. The maximum Gasteiger partial charge on any atom is 0.0613 e. The van der Waals surface area contributed by atoms with Gasteiger partial charge in [-0.15, -0.1) is 0 Å². The third kappa shape index (κ3) is 0.798. The molecule has 0 aromatic heterocycles. The highest BCUT2D eigenvalue weighted by atomic mass is 16.4. The number of allylic oxidation sites excluding steroid dienone is 2. The van der Waals surface area contributed by atoms with Crippen LogP contribution in [0.4, 0.5) is 0 Å². The molecule has 0 amide bonds. The van der Waals surface area contributed by atoms with Gasteiger partial charge in [-0.2, -0.15) is 0 Å². The van der Waals surface area contributed by atoms with Crippen LogP contribution in [0.3, 0.4) is 0 Å². The standard InChI is InChI=1S/C16H18N2O2/c19-17-9-3-7-8-4-10(18-20)13-6-2-1-5-11(6)16(15(8)13)14(7)12(5)9/h1-2,5-8,11-16,19-20H,3-4H2/b17-9-,18-10-/t5-,6-,7-,8-,11?,12-,13+,14-,15+,16?/m0/s1. The molecule has 4 heteroatoms. The van der Waals surface area contributed by atoms with Gasteiger partial charge in [-0.25, -0.2) is 0 Å². The molecule has 104 valence electrons. The Morgan fingerprint density at radius 2 is 1.25 bits per heavy atom. The van der Waals surface area contributed by atoms with E-state index in [-0.39, 0.29) is 0 Å². The smallest absolute Gasteiger partial charge is 0.0613 e. The molecule has 6 aliphatic rings. The van der Waals surface area contributed by atoms with Crippen LogP contribution in [0, 0.1) is 59.2 Å². The number of fused-ring (bicyclic) bond motifs is 3. The van der Waals surface area contributed by atoms with Gasteiger partial charge in [0.2, 0.25) is 0 Å². The predicted octanol–water partition coefficient (Wildman–Crippen LogP) is 2.23. The molecule has 5 fully saturated rings. The van der Waals surface area contributed by atoms with Crippen molar-refractivity contribution in [1.82, 2.24) is 0 Å². The highest BCUT2D eigenvalue weighted by molar-refractivity contribution is 5.94. The summed E-state index contributed by atoms with van der Waals surface area (Å²) in [4.78, 5) is 0. The lowest BCUT2D eigenvalue weighted by Gasteiger charge is -2.21. The Kier molecular flexibility index (Phi) is 1.55. The fourth-order valence-electron chi connectivity index (χ4n) is 7.87. The molecule has 4 nitrogen and oxygen atoms in total. The second-order valence-electron chi connectivity index (χ2n) is 7.82. The van der Waals surface area contributed by atoms with Crippen LogP contribution in [0.25, 0.3) is 0 Å². The molecule has 0 bridgehead atoms. The van der Waals surface area contributed by atoms with Crippen LogP contribution in [-0.2, 0) is 0 Å². The van der Waals surface area contributed by atoms with Crippen LogP contribution >= 0.6 is 0 Å². The van der Waals surface area contributed by atoms with E-state index in [1.807, 2.05) is 0 Å². The zero-order valence-electron chi connectivity index (χ0n) is 11.1. The first kappa shape index (κ1) is 10.4. The van der Waals surface area contributed by atoms with Gasteiger partial charge >= 0.3 is 0 Å². The fourth-order valence-corrected chi connectivity index (χ4v) is 7.87. The van der Waals surface area contributed by atoms with Crippen molar-refractivity contribution < 1.29 is 10.4 Å². The maximum atomic E-state index is 9.41. The van der Waals surface area contributed by atoms with Crippen molar-refractivity contribution in [2.75, 3.05) is 0 Å². The molecule has 0 heterocycles. The molecule has 6 aliphatic carbocycles. The molecule has 0 aromatic rings. The van der Waals surface area contributed by atoms with Gasteiger partial charge in [0.15, 0.2) is 0 Å². The molecule has 0 spiro atoms. The van der Waals surface area contributed by atoms with Crippen molar-refractivity contribution in [3.8, 4) is 0 Å². The largest absolute Gasteiger partial charge is 0.411 e. The van der Waals surface area contributed by atoms with Crippen molar-refractivity contribution in [2.45, 2.75) is 12.8 Å². The van der Waals surface area contributed by atoms with Gasteiger partial charge in [-0.3, -0.25) is 0 Å². The normalized spacial score (nSPS) is 67.0. The minimum absolute atomic E-state index is 0.516. The minimum atomic E-state index is 0.516. The molecule has 20 heavy (non-hydrogen) atoms. The summed E-state index contributed by atoms with van der Waals surface area (Å²) in [7, 11) is 0. The van der Waals surface area contributed by atoms with Crippen molar-refractivity contribution in [2.24, 2.45) is 69.5 Å². The summed E-state index contributed by atoms with van der Waals surface area (Å²) in [6, 6.07) is 0. The Morgan fingerprint density at radius 3 is 1.70 bits per heavy atom. The summed E-state index contributed by atoms with van der Waals surface area (Å²) in [6.07, 6.45) is 6.75. The molecule has 10 atom stereocenters. The van der Waals surface area contributed by atoms with Gasteiger partial charge in [-0.05, 0) is 60.2 Å². The Balaban J connectivity index is 1.60. The monoisotopic (exact) mass is 270 g/mol. The number of hydrogen-bond donors (Lipinski definition) is 2. The van der Waals surface area contributed by atoms with Crippen molar-refractivity contribution >= 4 is 11.4 Å². The van der Waals surface area contributed by atoms with E-state index in [4.69, 9.17) is 0 Å². The van der Waals surface area contributed by atoms with Crippen LogP contribution in [0.2, 0.25) is 0 Å². The van der Waals surface area contributed by atoms with E-state index in [1.165, 1.54) is 0 Å². The number of hydrogen-bond acceptors (Lipinski definition) is 4. The lowest BCUT2D eigenvalue weighted by molar-refractivity contribution is 0.304. The van der Waals surface area contributed by atoms with Gasteiger partial charge in [0, 0.05) is 11.8 Å². The third-order valence-corrected chi connectivity index (χ3v) is 7.89. The topological polar surface area (TPSA) is 65.2 Å². The molecule has 0 aliphatic heterocycles. The second kappa shape index (κ2) is 2.97. The third-order valence-electron chi connectivity index (χ3n) is 7.89. The lowest BCUT2D eigenvalue weighted by Crippen LogP contribution is -2.23. The number of rotatable bonds is 0. The van der Waals surface area contributed by atoms with E-state index >= 15 is 0 Å². The molecule has 0 radical (unpaired) electrons. The van der Waals surface area contributed by atoms with Crippen LogP contribution < -0.4 is 0 Å². The van der Waals surface area contributed by atoms with Gasteiger partial charge in [0.25, 0.3) is 0 Å². The molecule has 6 rings (SSSR count). The minimum Gasteiger partial charge on any atom is -0.411 e. The van der Waals surface area contributed by atoms with E-state index in [2.05, 4.69) is 22.5 Å². The SMILES string of the molecule is O/N=C1/C[C@H]2[C@@H]3C/C(=N/O)[C@H]4[C@H]3C3C5[C@H](C=C[C@@H]54)[C@H]1[C@H]32. The molecule has 5 saturated carbocycles. The maximum absolute atomic E-state index is 9.41. The van der Waals surface area contributed by atoms with Crippen LogP contribution in [0.5, 0.6) is 0 Å². The summed E-state index contributed by atoms with van der Waals surface area (Å²) in [5.74, 6) is 6.63. The van der Waals surface area contributed by atoms with Crippen LogP contribution in [-0.4, -0.2) is 21.8 Å². The number of oxime groups is 2. The Morgan fingerprint density at radius 1 is 0.750 bits per heavy atom. The van der Waals surface area contributed by atoms with Gasteiger partial charge in [0.05, 0.1) is 11.4 Å². The molecular formula is C16H18N2O2. The first-order valence-electron chi connectivity index (χ1n) is 7.95. The Bertz CT molecular complexity index is 560. The first-order chi connectivity index (χ1) is 9.85. The molecule has 2 N–H and O–H groups in total. The zero-order chi connectivity index (χ0) is 13.2. The summed E-state index contributed by atoms with van der Waals surface area (Å²) in [6.45, 7) is 0. The molecule has 0 aromatic carbocycles. The summed E-state index contributed by atoms with van der Waals surface area (Å²) in [5, 5.41) is 26.2. The summed E-state index contributed by atoms with van der Waals surface area (Å²) < 4.78 is 0. The highest BCUT2D eigenvalue weighted by Crippen LogP contribution is 2.77. The predicted molar refractivity (Wildman–Crippen MR) is 71.7 cm³/mol. The number of nitrogens with zero attached hydrogens (tertiary/aromatic N) is 2. The van der Waals surface area contributed by atoms with Crippen molar-refractivity contribution in [1.29, 1.82) is 0 Å². The Labute approximate surface area is 117 Å². The fraction of sp³-hybridized carbons (Fsp3) is 0.750. The van der Waals surface area contributed by atoms with Crippen molar-refractivity contribution in [3.05, 3.63) is 12.2 Å². The Hall–Kier alpha value is -1.32. The average Bonchev–Trinajstić information content (AvgIpc) is 3.18. The van der Waals surface area contributed by atoms with Gasteiger partial charge in [0.1, 0.15) is 0 Å². The quantitative estimate of drug-likeness (QED) is 0.403. The van der Waals surface area contributed by atoms with E-state index in [0.29, 0.717) is 35.5 Å². The van der Waals surface area contributed by atoms with Crippen LogP contribution in [0.15, 0.2) is 22.5 Å². The highest BCUT2D eigenvalue weighted by Gasteiger charge is 2.76. The molecular weight excluding hydrogens is 252 g/mol. The molecule has 2 unspecified atom stereocenters. The average molecular weight is 270 g/mol. The zero-order valence-corrected chi connectivity index (χ0v) is 11.1. The van der Waals surface area contributed by atoms with Gasteiger partial charge < -0.3 is 10.4 Å². The summed E-state index contributed by atoms with van der Waals surface area (Å²) >= 11 is 0. The lowest BCUT2D eigenvalue weighted by atomic mass is 9.83. The van der Waals surface area contributed by atoms with Crippen LogP contribution in [0.1, 0.15) is 12.8 Å². The second-order valence-corrected chi connectivity index (χ2v) is 7.82. The van der Waals surface area contributed by atoms with E-state index in [0.717, 1.165) is 47.9 Å². The van der Waals surface area contributed by atoms with E-state index in [9.17, 15) is 10.4 Å². The first-order valence-corrected chi connectivity index (χ1v) is 7.95. The summed E-state index contributed by atoms with van der Waals surface area (Å²) in [5.41, 5.74) is 2.13. The van der Waals surface area contributed by atoms with E-state index < -0.39 is 0 Å². The van der Waals surface area contributed by atoms with E-state index in [1.54, 1.807) is 0 Å². The van der Waals surface area contributed by atoms with Crippen molar-refractivity contribution in [3.63, 3.8) is 0 Å². The van der Waals surface area contributed by atoms with Gasteiger partial charge in [-0.1, -0.05) is 22.5 Å².